The largest absolute Gasteiger partial charge is 0.494 e. The molecular weight excluding hydrogens is 284 g/mol. The van der Waals surface area contributed by atoms with Crippen molar-refractivity contribution in [2.75, 3.05) is 6.61 Å². The van der Waals surface area contributed by atoms with Crippen molar-refractivity contribution in [2.45, 2.75) is 13.8 Å². The Bertz CT molecular complexity index is 618. The molecule has 0 saturated carbocycles. The molecule has 3 heteroatoms. The van der Waals surface area contributed by atoms with Gasteiger partial charge in [0.2, 0.25) is 0 Å². The predicted molar refractivity (Wildman–Crippen MR) is 93.6 cm³/mol. The molecule has 0 amide bonds. The predicted octanol–water partition coefficient (Wildman–Crippen LogP) is 5.08. The van der Waals surface area contributed by atoms with Crippen LogP contribution in [0.15, 0.2) is 48.5 Å². The lowest BCUT2D eigenvalue weighted by atomic mass is 10.1. The highest BCUT2D eigenvalue weighted by Gasteiger charge is 2.09. The number of hydrogen-bond acceptors (Lipinski definition) is 3. The molecule has 0 heterocycles. The fraction of sp³-hybridized carbons (Fsp3) is 0.176. The topological polar surface area (TPSA) is 9.23 Å². The highest BCUT2D eigenvalue weighted by Crippen LogP contribution is 2.34. The molecule has 0 radical (unpaired) electrons. The van der Waals surface area contributed by atoms with Crippen LogP contribution >= 0.6 is 25.3 Å². The van der Waals surface area contributed by atoms with E-state index in [0.717, 1.165) is 32.3 Å². The lowest BCUT2D eigenvalue weighted by molar-refractivity contribution is 0.340. The molecule has 104 valence electrons. The van der Waals surface area contributed by atoms with Gasteiger partial charge in [-0.1, -0.05) is 36.4 Å². The first-order valence-corrected chi connectivity index (χ1v) is 7.44. The van der Waals surface area contributed by atoms with Crippen molar-refractivity contribution >= 4 is 35.1 Å². The van der Waals surface area contributed by atoms with Crippen molar-refractivity contribution in [2.24, 2.45) is 0 Å². The standard InChI is InChI=1S/C17H18OS2/c1-3-18-14-10-9-12(2)15(11-14)17(20)16(19)13-7-5-4-6-8-13/h4-11,19-20H,3H2,1-2H3/b17-16-. The summed E-state index contributed by atoms with van der Waals surface area (Å²) in [4.78, 5) is 1.73. The molecule has 0 aliphatic rings. The van der Waals surface area contributed by atoms with E-state index >= 15 is 0 Å². The molecule has 20 heavy (non-hydrogen) atoms. The molecule has 0 spiro atoms. The zero-order chi connectivity index (χ0) is 14.5. The van der Waals surface area contributed by atoms with Crippen LogP contribution in [0, 0.1) is 6.92 Å². The Kier molecular flexibility index (Phi) is 5.21. The minimum atomic E-state index is 0.653. The maximum absolute atomic E-state index is 5.56. The van der Waals surface area contributed by atoms with Crippen LogP contribution in [0.4, 0.5) is 0 Å². The molecule has 0 fully saturated rings. The first-order valence-electron chi connectivity index (χ1n) is 6.55. The Balaban J connectivity index is 2.46. The van der Waals surface area contributed by atoms with Gasteiger partial charge in [0.1, 0.15) is 5.75 Å². The third-order valence-corrected chi connectivity index (χ3v) is 4.17. The summed E-state index contributed by atoms with van der Waals surface area (Å²) in [6.07, 6.45) is 0. The molecule has 0 bridgehead atoms. The van der Waals surface area contributed by atoms with Crippen molar-refractivity contribution in [1.82, 2.24) is 0 Å². The van der Waals surface area contributed by atoms with Gasteiger partial charge < -0.3 is 4.74 Å². The molecule has 0 atom stereocenters. The minimum absolute atomic E-state index is 0.653. The smallest absolute Gasteiger partial charge is 0.119 e. The molecule has 1 nitrogen and oxygen atoms in total. The molecule has 2 rings (SSSR count). The molecular formula is C17H18OS2. The van der Waals surface area contributed by atoms with Gasteiger partial charge in [-0.25, -0.2) is 0 Å². The molecule has 0 aliphatic carbocycles. The van der Waals surface area contributed by atoms with Gasteiger partial charge in [0.05, 0.1) is 6.61 Å². The number of hydrogen-bond donors (Lipinski definition) is 2. The summed E-state index contributed by atoms with van der Waals surface area (Å²) in [5.41, 5.74) is 3.26. The second kappa shape index (κ2) is 6.91. The zero-order valence-electron chi connectivity index (χ0n) is 11.6. The molecule has 0 aliphatic heterocycles. The third kappa shape index (κ3) is 3.41. The quantitative estimate of drug-likeness (QED) is 0.591. The summed E-state index contributed by atoms with van der Waals surface area (Å²) < 4.78 is 5.56. The number of benzene rings is 2. The fourth-order valence-corrected chi connectivity index (χ4v) is 2.61. The van der Waals surface area contributed by atoms with Crippen LogP contribution in [0.5, 0.6) is 5.75 Å². The molecule has 2 aromatic carbocycles. The van der Waals surface area contributed by atoms with Crippen LogP contribution in [0.2, 0.25) is 0 Å². The maximum Gasteiger partial charge on any atom is 0.119 e. The molecule has 0 unspecified atom stereocenters. The van der Waals surface area contributed by atoms with E-state index in [-0.39, 0.29) is 0 Å². The van der Waals surface area contributed by atoms with Gasteiger partial charge in [-0.05, 0) is 42.7 Å². The summed E-state index contributed by atoms with van der Waals surface area (Å²) >= 11 is 9.28. The normalized spacial score (nSPS) is 12.0. The highest BCUT2D eigenvalue weighted by molar-refractivity contribution is 7.96. The average Bonchev–Trinajstić information content (AvgIpc) is 2.49. The Morgan fingerprint density at radius 2 is 1.70 bits per heavy atom. The summed E-state index contributed by atoms with van der Waals surface area (Å²) in [6.45, 7) is 4.69. The van der Waals surface area contributed by atoms with E-state index in [0.29, 0.717) is 6.61 Å². The van der Waals surface area contributed by atoms with Crippen molar-refractivity contribution in [3.05, 3.63) is 65.2 Å². The first kappa shape index (κ1) is 15.1. The van der Waals surface area contributed by atoms with Crippen LogP contribution in [-0.2, 0) is 0 Å². The minimum Gasteiger partial charge on any atom is -0.494 e. The fourth-order valence-electron chi connectivity index (χ4n) is 1.97. The highest BCUT2D eigenvalue weighted by atomic mass is 32.1. The van der Waals surface area contributed by atoms with E-state index in [1.54, 1.807) is 0 Å². The van der Waals surface area contributed by atoms with Gasteiger partial charge in [0.25, 0.3) is 0 Å². The lowest BCUT2D eigenvalue weighted by Gasteiger charge is -2.12. The Labute approximate surface area is 131 Å². The molecule has 0 saturated heterocycles. The van der Waals surface area contributed by atoms with E-state index in [1.165, 1.54) is 0 Å². The van der Waals surface area contributed by atoms with Gasteiger partial charge in [0, 0.05) is 9.81 Å². The molecule has 2 aromatic rings. The monoisotopic (exact) mass is 302 g/mol. The van der Waals surface area contributed by atoms with Crippen molar-refractivity contribution < 1.29 is 4.74 Å². The number of ether oxygens (including phenoxy) is 1. The number of thiol groups is 2. The van der Waals surface area contributed by atoms with Crippen LogP contribution in [-0.4, -0.2) is 6.61 Å². The Morgan fingerprint density at radius 3 is 2.35 bits per heavy atom. The summed E-state index contributed by atoms with van der Waals surface area (Å²) in [7, 11) is 0. The van der Waals surface area contributed by atoms with Crippen LogP contribution in [0.25, 0.3) is 9.81 Å². The SMILES string of the molecule is CCOc1ccc(C)c(/C(S)=C(/S)c2ccccc2)c1. The summed E-state index contributed by atoms with van der Waals surface area (Å²) in [5, 5.41) is 0. The second-order valence-electron chi connectivity index (χ2n) is 4.47. The maximum atomic E-state index is 5.56. The zero-order valence-corrected chi connectivity index (χ0v) is 13.4. The van der Waals surface area contributed by atoms with Crippen molar-refractivity contribution in [1.29, 1.82) is 0 Å². The van der Waals surface area contributed by atoms with Crippen LogP contribution in [0.3, 0.4) is 0 Å². The van der Waals surface area contributed by atoms with Crippen molar-refractivity contribution in [3.8, 4) is 5.75 Å². The molecule has 0 aromatic heterocycles. The van der Waals surface area contributed by atoms with E-state index in [2.05, 4.69) is 32.2 Å². The van der Waals surface area contributed by atoms with Gasteiger partial charge in [0.15, 0.2) is 0 Å². The Morgan fingerprint density at radius 1 is 1.00 bits per heavy atom. The lowest BCUT2D eigenvalue weighted by Crippen LogP contribution is -1.94. The number of rotatable bonds is 4. The summed E-state index contributed by atoms with van der Waals surface area (Å²) in [5.74, 6) is 0.855. The van der Waals surface area contributed by atoms with E-state index < -0.39 is 0 Å². The number of aryl methyl sites for hydroxylation is 1. The third-order valence-electron chi connectivity index (χ3n) is 3.05. The van der Waals surface area contributed by atoms with Gasteiger partial charge in [-0.2, -0.15) is 0 Å². The first-order chi connectivity index (χ1) is 9.63. The average molecular weight is 302 g/mol. The van der Waals surface area contributed by atoms with Crippen LogP contribution < -0.4 is 4.74 Å². The van der Waals surface area contributed by atoms with E-state index in [9.17, 15) is 0 Å². The van der Waals surface area contributed by atoms with Crippen LogP contribution in [0.1, 0.15) is 23.6 Å². The van der Waals surface area contributed by atoms with E-state index in [1.807, 2.05) is 55.5 Å². The molecule has 0 N–H and O–H groups in total. The second-order valence-corrected chi connectivity index (χ2v) is 5.37. The van der Waals surface area contributed by atoms with Crippen molar-refractivity contribution in [3.63, 3.8) is 0 Å². The summed E-state index contributed by atoms with van der Waals surface area (Å²) in [6, 6.07) is 16.1. The van der Waals surface area contributed by atoms with Gasteiger partial charge in [-0.3, -0.25) is 0 Å². The van der Waals surface area contributed by atoms with E-state index in [4.69, 9.17) is 4.74 Å². The van der Waals surface area contributed by atoms with Gasteiger partial charge >= 0.3 is 0 Å². The Hall–Kier alpha value is -1.32. The van der Waals surface area contributed by atoms with Gasteiger partial charge in [-0.15, -0.1) is 25.3 Å².